The average molecular weight is 449 g/mol. The van der Waals surface area contributed by atoms with Crippen LogP contribution in [-0.4, -0.2) is 55.5 Å². The minimum atomic E-state index is -4.41. The lowest BCUT2D eigenvalue weighted by molar-refractivity contribution is -0.137. The van der Waals surface area contributed by atoms with E-state index in [0.717, 1.165) is 12.1 Å². The van der Waals surface area contributed by atoms with Crippen LogP contribution in [0.5, 0.6) is 0 Å². The van der Waals surface area contributed by atoms with Crippen LogP contribution in [-0.2, 0) is 20.5 Å². The average Bonchev–Trinajstić information content (AvgIpc) is 2.77. The maximum absolute atomic E-state index is 12.9. The van der Waals surface area contributed by atoms with Crippen LogP contribution < -0.4 is 10.2 Å². The summed E-state index contributed by atoms with van der Waals surface area (Å²) >= 11 is 0. The number of hydrogen-bond acceptors (Lipinski definition) is 5. The normalized spacial score (nSPS) is 14.1. The number of ether oxygens (including phenoxy) is 1. The molecule has 1 aliphatic heterocycles. The minimum Gasteiger partial charge on any atom is -0.452 e. The van der Waals surface area contributed by atoms with E-state index in [2.05, 4.69) is 5.32 Å². The summed E-state index contributed by atoms with van der Waals surface area (Å²) in [6.07, 6.45) is -4.41. The number of nitrogens with one attached hydrogen (secondary N) is 1. The Hall–Kier alpha value is -3.56. The van der Waals surface area contributed by atoms with Crippen molar-refractivity contribution in [3.8, 4) is 0 Å². The van der Waals surface area contributed by atoms with Crippen molar-refractivity contribution in [1.29, 1.82) is 0 Å². The van der Waals surface area contributed by atoms with Crippen LogP contribution in [0.15, 0.2) is 48.5 Å². The van der Waals surface area contributed by atoms with E-state index in [0.29, 0.717) is 37.6 Å². The van der Waals surface area contributed by atoms with Gasteiger partial charge >= 0.3 is 12.1 Å². The van der Waals surface area contributed by atoms with E-state index in [9.17, 15) is 27.6 Å². The number of benzene rings is 2. The number of carbonyl (C=O) groups is 3. The molecule has 0 spiro atoms. The molecule has 2 aromatic rings. The minimum absolute atomic E-state index is 0.237. The van der Waals surface area contributed by atoms with Crippen LogP contribution in [0.25, 0.3) is 0 Å². The Labute approximate surface area is 182 Å². The van der Waals surface area contributed by atoms with Gasteiger partial charge in [0.25, 0.3) is 5.91 Å². The summed E-state index contributed by atoms with van der Waals surface area (Å²) in [6, 6.07) is 11.1. The van der Waals surface area contributed by atoms with Gasteiger partial charge in [0.2, 0.25) is 5.91 Å². The van der Waals surface area contributed by atoms with Gasteiger partial charge in [-0.2, -0.15) is 13.2 Å². The Bertz CT molecular complexity index is 985. The number of nitrogens with zero attached hydrogens (tertiary/aromatic N) is 2. The molecule has 1 saturated heterocycles. The molecule has 2 amide bonds. The van der Waals surface area contributed by atoms with Crippen molar-refractivity contribution in [3.05, 3.63) is 59.7 Å². The second kappa shape index (κ2) is 9.71. The van der Waals surface area contributed by atoms with E-state index in [1.165, 1.54) is 30.0 Å². The number of anilines is 2. The van der Waals surface area contributed by atoms with Crippen molar-refractivity contribution in [1.82, 2.24) is 4.90 Å². The van der Waals surface area contributed by atoms with Gasteiger partial charge in [-0.1, -0.05) is 6.07 Å². The SMILES string of the molecule is CC(=O)Nc1ccc(C(=O)OCC(=O)N2CCN(c3cccc(C(F)(F)F)c3)CC2)cc1. The molecular weight excluding hydrogens is 427 g/mol. The van der Waals surface area contributed by atoms with Gasteiger partial charge in [0, 0.05) is 44.5 Å². The summed E-state index contributed by atoms with van der Waals surface area (Å²) < 4.78 is 43.8. The molecular formula is C22H22F3N3O4. The third kappa shape index (κ3) is 5.99. The molecule has 10 heteroatoms. The number of carbonyl (C=O) groups excluding carboxylic acids is 3. The van der Waals surface area contributed by atoms with Gasteiger partial charge in [0.05, 0.1) is 11.1 Å². The molecule has 0 radical (unpaired) electrons. The summed E-state index contributed by atoms with van der Waals surface area (Å²) in [5.41, 5.74) is 0.497. The highest BCUT2D eigenvalue weighted by molar-refractivity contribution is 5.93. The molecule has 0 unspecified atom stereocenters. The van der Waals surface area contributed by atoms with E-state index < -0.39 is 24.3 Å². The van der Waals surface area contributed by atoms with E-state index in [-0.39, 0.29) is 17.4 Å². The predicted molar refractivity (Wildman–Crippen MR) is 111 cm³/mol. The smallest absolute Gasteiger partial charge is 0.416 e. The summed E-state index contributed by atoms with van der Waals surface area (Å²) in [4.78, 5) is 38.8. The molecule has 0 aliphatic carbocycles. The molecule has 2 aromatic carbocycles. The van der Waals surface area contributed by atoms with E-state index in [1.54, 1.807) is 23.1 Å². The van der Waals surface area contributed by atoms with Crippen LogP contribution in [0.1, 0.15) is 22.8 Å². The number of esters is 1. The molecule has 1 aliphatic rings. The first-order valence-corrected chi connectivity index (χ1v) is 9.88. The Balaban J connectivity index is 1.48. The van der Waals surface area contributed by atoms with Crippen molar-refractivity contribution in [2.75, 3.05) is 43.0 Å². The highest BCUT2D eigenvalue weighted by atomic mass is 19.4. The lowest BCUT2D eigenvalue weighted by Gasteiger charge is -2.36. The van der Waals surface area contributed by atoms with E-state index in [4.69, 9.17) is 4.74 Å². The molecule has 32 heavy (non-hydrogen) atoms. The van der Waals surface area contributed by atoms with Crippen molar-refractivity contribution in [2.45, 2.75) is 13.1 Å². The van der Waals surface area contributed by atoms with Crippen molar-refractivity contribution in [2.24, 2.45) is 0 Å². The summed E-state index contributed by atoms with van der Waals surface area (Å²) in [5, 5.41) is 2.58. The van der Waals surface area contributed by atoms with Crippen LogP contribution in [0, 0.1) is 0 Å². The third-order valence-electron chi connectivity index (χ3n) is 4.94. The number of alkyl halides is 3. The lowest BCUT2D eigenvalue weighted by atomic mass is 10.1. The molecule has 0 aromatic heterocycles. The Kier molecular flexibility index (Phi) is 7.01. The van der Waals surface area contributed by atoms with Crippen LogP contribution >= 0.6 is 0 Å². The van der Waals surface area contributed by atoms with Gasteiger partial charge in [-0.25, -0.2) is 4.79 Å². The van der Waals surface area contributed by atoms with Crippen molar-refractivity contribution >= 4 is 29.2 Å². The zero-order chi connectivity index (χ0) is 23.3. The molecule has 0 saturated carbocycles. The summed E-state index contributed by atoms with van der Waals surface area (Å²) in [6.45, 7) is 2.27. The van der Waals surface area contributed by atoms with Gasteiger partial charge in [-0.15, -0.1) is 0 Å². The van der Waals surface area contributed by atoms with E-state index >= 15 is 0 Å². The molecule has 1 fully saturated rings. The largest absolute Gasteiger partial charge is 0.452 e. The molecule has 3 rings (SSSR count). The fraction of sp³-hybridized carbons (Fsp3) is 0.318. The zero-order valence-electron chi connectivity index (χ0n) is 17.3. The molecule has 0 bridgehead atoms. The monoisotopic (exact) mass is 449 g/mol. The number of halogens is 3. The maximum atomic E-state index is 12.9. The van der Waals surface area contributed by atoms with E-state index in [1.807, 2.05) is 0 Å². The Morgan fingerprint density at radius 3 is 2.25 bits per heavy atom. The molecule has 170 valence electrons. The fourth-order valence-corrected chi connectivity index (χ4v) is 3.29. The van der Waals surface area contributed by atoms with Crippen molar-refractivity contribution in [3.63, 3.8) is 0 Å². The fourth-order valence-electron chi connectivity index (χ4n) is 3.29. The van der Waals surface area contributed by atoms with Crippen LogP contribution in [0.3, 0.4) is 0 Å². The van der Waals surface area contributed by atoms with Crippen LogP contribution in [0.4, 0.5) is 24.5 Å². The first-order valence-electron chi connectivity index (χ1n) is 9.88. The van der Waals surface area contributed by atoms with Gasteiger partial charge in [0.1, 0.15) is 0 Å². The zero-order valence-corrected chi connectivity index (χ0v) is 17.3. The second-order valence-electron chi connectivity index (χ2n) is 7.25. The van der Waals surface area contributed by atoms with Gasteiger partial charge in [-0.3, -0.25) is 9.59 Å². The molecule has 1 N–H and O–H groups in total. The molecule has 7 nitrogen and oxygen atoms in total. The summed E-state index contributed by atoms with van der Waals surface area (Å²) in [7, 11) is 0. The summed E-state index contributed by atoms with van der Waals surface area (Å²) in [5.74, 6) is -1.29. The van der Waals surface area contributed by atoms with Gasteiger partial charge in [-0.05, 0) is 42.5 Å². The number of hydrogen-bond donors (Lipinski definition) is 1. The van der Waals surface area contributed by atoms with Crippen molar-refractivity contribution < 1.29 is 32.3 Å². The topological polar surface area (TPSA) is 78.9 Å². The Morgan fingerprint density at radius 1 is 1.00 bits per heavy atom. The van der Waals surface area contributed by atoms with Crippen LogP contribution in [0.2, 0.25) is 0 Å². The highest BCUT2D eigenvalue weighted by Crippen LogP contribution is 2.31. The first-order chi connectivity index (χ1) is 15.1. The predicted octanol–water partition coefficient (Wildman–Crippen LogP) is 3.17. The van der Waals surface area contributed by atoms with Gasteiger partial charge in [0.15, 0.2) is 6.61 Å². The molecule has 1 heterocycles. The van der Waals surface area contributed by atoms with Gasteiger partial charge < -0.3 is 19.9 Å². The number of rotatable bonds is 5. The highest BCUT2D eigenvalue weighted by Gasteiger charge is 2.31. The number of piperazine rings is 1. The first kappa shape index (κ1) is 23.1. The molecule has 0 atom stereocenters. The standard InChI is InChI=1S/C22H22F3N3O4/c1-15(29)26-18-7-5-16(6-8-18)21(31)32-14-20(30)28-11-9-27(10-12-28)19-4-2-3-17(13-19)22(23,24)25/h2-8,13H,9-12,14H2,1H3,(H,26,29). The Morgan fingerprint density at radius 2 is 1.66 bits per heavy atom. The lowest BCUT2D eigenvalue weighted by Crippen LogP contribution is -2.50. The second-order valence-corrected chi connectivity index (χ2v) is 7.25. The maximum Gasteiger partial charge on any atom is 0.416 e. The third-order valence-corrected chi connectivity index (χ3v) is 4.94. The quantitative estimate of drug-likeness (QED) is 0.710. The number of amides is 2.